The van der Waals surface area contributed by atoms with Gasteiger partial charge in [0.25, 0.3) is 0 Å². The summed E-state index contributed by atoms with van der Waals surface area (Å²) in [7, 11) is 0. The fraction of sp³-hybridized carbons (Fsp3) is 0.267. The number of hydrogen-bond acceptors (Lipinski definition) is 3. The second-order valence-corrected chi connectivity index (χ2v) is 9.34. The van der Waals surface area contributed by atoms with Crippen molar-refractivity contribution >= 4 is 10.8 Å². The highest BCUT2D eigenvalue weighted by atomic mass is 19.2. The van der Waals surface area contributed by atoms with E-state index < -0.39 is 46.5 Å². The monoisotopic (exact) mass is 528 g/mol. The minimum atomic E-state index is -1.26. The van der Waals surface area contributed by atoms with E-state index in [1.54, 1.807) is 12.1 Å². The Morgan fingerprint density at radius 1 is 0.816 bits per heavy atom. The summed E-state index contributed by atoms with van der Waals surface area (Å²) < 4.78 is 89.3. The second-order valence-electron chi connectivity index (χ2n) is 9.34. The zero-order valence-electron chi connectivity index (χ0n) is 20.6. The van der Waals surface area contributed by atoms with E-state index in [9.17, 15) is 22.0 Å². The Bertz CT molecular complexity index is 1420. The Morgan fingerprint density at radius 2 is 1.50 bits per heavy atom. The first-order valence-electron chi connectivity index (χ1n) is 12.4. The van der Waals surface area contributed by atoms with Crippen molar-refractivity contribution in [3.63, 3.8) is 0 Å². The maximum absolute atomic E-state index is 14.7. The normalized spacial score (nSPS) is 17.6. The summed E-state index contributed by atoms with van der Waals surface area (Å²) in [5.41, 5.74) is 1.10. The summed E-state index contributed by atoms with van der Waals surface area (Å²) in [6, 6.07) is 13.8. The van der Waals surface area contributed by atoms with E-state index in [0.29, 0.717) is 24.3 Å². The van der Waals surface area contributed by atoms with E-state index in [0.717, 1.165) is 31.0 Å². The molecule has 1 aliphatic rings. The zero-order chi connectivity index (χ0) is 26.8. The maximum atomic E-state index is 14.7. The zero-order valence-corrected chi connectivity index (χ0v) is 20.6. The van der Waals surface area contributed by atoms with Gasteiger partial charge < -0.3 is 14.2 Å². The van der Waals surface area contributed by atoms with Crippen molar-refractivity contribution in [3.8, 4) is 16.9 Å². The van der Waals surface area contributed by atoms with Crippen LogP contribution in [-0.2, 0) is 16.1 Å². The van der Waals surface area contributed by atoms with Gasteiger partial charge >= 0.3 is 0 Å². The molecule has 8 heteroatoms. The largest absolute Gasteiger partial charge is 0.483 e. The smallest absolute Gasteiger partial charge is 0.191 e. The highest BCUT2D eigenvalue weighted by molar-refractivity contribution is 5.88. The molecular weight excluding hydrogens is 503 g/mol. The molecule has 38 heavy (non-hydrogen) atoms. The quantitative estimate of drug-likeness (QED) is 0.226. The summed E-state index contributed by atoms with van der Waals surface area (Å²) >= 11 is 0. The van der Waals surface area contributed by atoms with Gasteiger partial charge in [0, 0.05) is 17.0 Å². The molecule has 5 rings (SSSR count). The summed E-state index contributed by atoms with van der Waals surface area (Å²) in [5, 5.41) is -0.179. The van der Waals surface area contributed by atoms with Gasteiger partial charge in [0.15, 0.2) is 35.3 Å². The Balaban J connectivity index is 1.28. The van der Waals surface area contributed by atoms with Crippen LogP contribution in [0.15, 0.2) is 60.7 Å². The molecule has 0 bridgehead atoms. The molecule has 198 valence electrons. The van der Waals surface area contributed by atoms with Crippen LogP contribution in [0.25, 0.3) is 21.9 Å². The van der Waals surface area contributed by atoms with Crippen LogP contribution in [-0.4, -0.2) is 13.2 Å². The molecule has 3 nitrogen and oxygen atoms in total. The molecule has 4 aromatic carbocycles. The molecule has 0 atom stereocenters. The van der Waals surface area contributed by atoms with Crippen LogP contribution in [0.2, 0.25) is 0 Å². The van der Waals surface area contributed by atoms with E-state index in [4.69, 9.17) is 14.2 Å². The second kappa shape index (κ2) is 11.1. The van der Waals surface area contributed by atoms with Gasteiger partial charge in [0.05, 0.1) is 18.6 Å². The minimum Gasteiger partial charge on any atom is -0.483 e. The van der Waals surface area contributed by atoms with Crippen LogP contribution in [0, 0.1) is 35.0 Å². The SMILES string of the molecule is CCCC1COC(c2cc(F)c(OCc3ccc(-c4cc5cccc(F)c5c(F)c4F)cc3)c(F)c2)OC1. The lowest BCUT2D eigenvalue weighted by atomic mass is 9.99. The van der Waals surface area contributed by atoms with E-state index >= 15 is 0 Å². The van der Waals surface area contributed by atoms with Crippen LogP contribution in [0.1, 0.15) is 37.2 Å². The number of ether oxygens (including phenoxy) is 3. The molecule has 0 aromatic heterocycles. The number of benzene rings is 4. The van der Waals surface area contributed by atoms with Gasteiger partial charge in [-0.1, -0.05) is 49.7 Å². The van der Waals surface area contributed by atoms with Crippen molar-refractivity contribution in [1.29, 1.82) is 0 Å². The third-order valence-corrected chi connectivity index (χ3v) is 6.60. The number of rotatable bonds is 7. The summed E-state index contributed by atoms with van der Waals surface area (Å²) in [6.07, 6.45) is 1.11. The van der Waals surface area contributed by atoms with E-state index in [2.05, 4.69) is 6.92 Å². The van der Waals surface area contributed by atoms with Crippen molar-refractivity contribution in [2.24, 2.45) is 5.92 Å². The van der Waals surface area contributed by atoms with E-state index in [1.165, 1.54) is 30.3 Å². The predicted molar refractivity (Wildman–Crippen MR) is 133 cm³/mol. The van der Waals surface area contributed by atoms with Gasteiger partial charge in [-0.05, 0) is 47.2 Å². The van der Waals surface area contributed by atoms with Gasteiger partial charge in [-0.25, -0.2) is 22.0 Å². The van der Waals surface area contributed by atoms with Crippen molar-refractivity contribution in [1.82, 2.24) is 0 Å². The molecule has 0 N–H and O–H groups in total. The molecule has 1 heterocycles. The minimum absolute atomic E-state index is 0.0334. The van der Waals surface area contributed by atoms with Crippen LogP contribution in [0.5, 0.6) is 5.75 Å². The fourth-order valence-corrected chi connectivity index (χ4v) is 4.65. The number of fused-ring (bicyclic) bond motifs is 1. The summed E-state index contributed by atoms with van der Waals surface area (Å²) in [4.78, 5) is 0. The van der Waals surface area contributed by atoms with Crippen molar-refractivity contribution in [2.45, 2.75) is 32.7 Å². The Hall–Kier alpha value is -3.49. The first-order valence-corrected chi connectivity index (χ1v) is 12.4. The Morgan fingerprint density at radius 3 is 2.16 bits per heavy atom. The van der Waals surface area contributed by atoms with Crippen molar-refractivity contribution in [2.75, 3.05) is 13.2 Å². The lowest BCUT2D eigenvalue weighted by Crippen LogP contribution is -2.27. The molecule has 0 saturated carbocycles. The molecule has 0 radical (unpaired) electrons. The van der Waals surface area contributed by atoms with E-state index in [-0.39, 0.29) is 29.0 Å². The third kappa shape index (κ3) is 5.24. The van der Waals surface area contributed by atoms with Crippen LogP contribution in [0.3, 0.4) is 0 Å². The van der Waals surface area contributed by atoms with Gasteiger partial charge in [0.2, 0.25) is 0 Å². The Kier molecular flexibility index (Phi) is 7.63. The summed E-state index contributed by atoms with van der Waals surface area (Å²) in [5.74, 6) is -5.32. The molecule has 1 aliphatic heterocycles. The lowest BCUT2D eigenvalue weighted by Gasteiger charge is -2.29. The Labute approximate surface area is 216 Å². The average Bonchev–Trinajstić information content (AvgIpc) is 2.91. The number of hydrogen-bond donors (Lipinski definition) is 0. The molecule has 0 aliphatic carbocycles. The molecule has 4 aromatic rings. The maximum Gasteiger partial charge on any atom is 0.191 e. The summed E-state index contributed by atoms with van der Waals surface area (Å²) in [6.45, 7) is 2.83. The first kappa shape index (κ1) is 26.1. The number of halogens is 5. The molecule has 0 amide bonds. The van der Waals surface area contributed by atoms with Crippen LogP contribution in [0.4, 0.5) is 22.0 Å². The van der Waals surface area contributed by atoms with Crippen LogP contribution >= 0.6 is 0 Å². The van der Waals surface area contributed by atoms with Gasteiger partial charge in [-0.3, -0.25) is 0 Å². The molecule has 1 saturated heterocycles. The molecule has 0 spiro atoms. The standard InChI is InChI=1S/C30H25F5O3/c1-2-4-18-15-37-30(38-16-18)21-12-24(32)29(25(33)13-21)36-14-17-7-9-19(10-8-17)22-11-20-5-3-6-23(31)26(20)28(35)27(22)34/h3,5-13,18,30H,2,4,14-16H2,1H3. The van der Waals surface area contributed by atoms with Crippen molar-refractivity contribution in [3.05, 3.63) is 101 Å². The van der Waals surface area contributed by atoms with Gasteiger partial charge in [-0.2, -0.15) is 0 Å². The van der Waals surface area contributed by atoms with E-state index in [1.807, 2.05) is 0 Å². The van der Waals surface area contributed by atoms with Gasteiger partial charge in [-0.15, -0.1) is 0 Å². The lowest BCUT2D eigenvalue weighted by molar-refractivity contribution is -0.206. The molecule has 0 unspecified atom stereocenters. The third-order valence-electron chi connectivity index (χ3n) is 6.60. The predicted octanol–water partition coefficient (Wildman–Crippen LogP) is 8.24. The van der Waals surface area contributed by atoms with Crippen LogP contribution < -0.4 is 4.74 Å². The molecular formula is C30H25F5O3. The topological polar surface area (TPSA) is 27.7 Å². The highest BCUT2D eigenvalue weighted by Gasteiger charge is 2.25. The molecule has 1 fully saturated rings. The fourth-order valence-electron chi connectivity index (χ4n) is 4.65. The average molecular weight is 529 g/mol. The first-order chi connectivity index (χ1) is 18.4. The van der Waals surface area contributed by atoms with Crippen molar-refractivity contribution < 1.29 is 36.2 Å². The van der Waals surface area contributed by atoms with Gasteiger partial charge in [0.1, 0.15) is 12.4 Å². The highest BCUT2D eigenvalue weighted by Crippen LogP contribution is 2.34.